The molecule has 1 amide bonds. The van der Waals surface area contributed by atoms with Gasteiger partial charge < -0.3 is 30.7 Å². The number of benzene rings is 1. The average Bonchev–Trinajstić information content (AvgIpc) is 2.78. The average molecular weight is 576 g/mol. The highest BCUT2D eigenvalue weighted by atomic mass is 127. The summed E-state index contributed by atoms with van der Waals surface area (Å²) in [4.78, 5) is 18.5. The first-order chi connectivity index (χ1) is 15.5. The van der Waals surface area contributed by atoms with Crippen molar-refractivity contribution in [1.29, 1.82) is 0 Å². The summed E-state index contributed by atoms with van der Waals surface area (Å²) in [7, 11) is 1.67. The van der Waals surface area contributed by atoms with Gasteiger partial charge in [0, 0.05) is 31.7 Å². The molecule has 0 unspecified atom stereocenters. The topological polar surface area (TPSA) is 101 Å². The molecule has 1 saturated heterocycles. The lowest BCUT2D eigenvalue weighted by Crippen LogP contribution is -2.39. The minimum atomic E-state index is -0.150. The van der Waals surface area contributed by atoms with Gasteiger partial charge in [-0.3, -0.25) is 4.79 Å². The van der Waals surface area contributed by atoms with E-state index in [1.165, 1.54) is 0 Å². The van der Waals surface area contributed by atoms with Crippen molar-refractivity contribution in [2.45, 2.75) is 46.1 Å². The lowest BCUT2D eigenvalue weighted by molar-refractivity contribution is -0.123. The third kappa shape index (κ3) is 11.4. The van der Waals surface area contributed by atoms with Crippen molar-refractivity contribution in [3.63, 3.8) is 0 Å². The molecule has 0 radical (unpaired) electrons. The molecule has 9 heteroatoms. The highest BCUT2D eigenvalue weighted by Gasteiger charge is 2.22. The number of hydrogen-bond acceptors (Lipinski definition) is 5. The fourth-order valence-corrected chi connectivity index (χ4v) is 3.78. The van der Waals surface area contributed by atoms with E-state index in [0.29, 0.717) is 19.8 Å². The van der Waals surface area contributed by atoms with Crippen LogP contribution in [0.2, 0.25) is 0 Å². The Morgan fingerprint density at radius 3 is 2.64 bits per heavy atom. The maximum atomic E-state index is 11.3. The van der Waals surface area contributed by atoms with Crippen LogP contribution in [0.1, 0.15) is 43.7 Å². The van der Waals surface area contributed by atoms with Gasteiger partial charge in [-0.05, 0) is 70.8 Å². The minimum Gasteiger partial charge on any atom is -0.491 e. The fourth-order valence-electron chi connectivity index (χ4n) is 3.78. The normalized spacial score (nSPS) is 15.1. The van der Waals surface area contributed by atoms with Crippen LogP contribution in [0.3, 0.4) is 0 Å². The van der Waals surface area contributed by atoms with Gasteiger partial charge in [0.25, 0.3) is 0 Å². The molecule has 1 aliphatic rings. The molecule has 0 atom stereocenters. The Morgan fingerprint density at radius 1 is 1.21 bits per heavy atom. The number of amides is 1. The summed E-state index contributed by atoms with van der Waals surface area (Å²) in [5.74, 6) is 1.59. The second-order valence-electron chi connectivity index (χ2n) is 8.30. The molecule has 1 heterocycles. The van der Waals surface area contributed by atoms with Crippen molar-refractivity contribution in [1.82, 2.24) is 15.5 Å². The second-order valence-corrected chi connectivity index (χ2v) is 8.30. The number of guanidine groups is 1. The molecule has 1 aliphatic heterocycles. The molecule has 8 nitrogen and oxygen atoms in total. The molecule has 2 rings (SSSR count). The predicted octanol–water partition coefficient (Wildman–Crippen LogP) is 2.67. The van der Waals surface area contributed by atoms with Crippen molar-refractivity contribution >= 4 is 35.8 Å². The van der Waals surface area contributed by atoms with E-state index >= 15 is 0 Å². The molecule has 0 aromatic heterocycles. The van der Waals surface area contributed by atoms with E-state index in [4.69, 9.17) is 20.2 Å². The van der Waals surface area contributed by atoms with Crippen LogP contribution in [0.4, 0.5) is 0 Å². The Bertz CT molecular complexity index is 724. The summed E-state index contributed by atoms with van der Waals surface area (Å²) in [5.41, 5.74) is 7.63. The summed E-state index contributed by atoms with van der Waals surface area (Å²) in [5, 5.41) is 6.75. The third-order valence-electron chi connectivity index (χ3n) is 5.70. The number of halogens is 1. The Labute approximate surface area is 216 Å². The number of rotatable bonds is 13. The van der Waals surface area contributed by atoms with Gasteiger partial charge in [0.05, 0.1) is 13.2 Å². The van der Waals surface area contributed by atoms with Gasteiger partial charge in [-0.2, -0.15) is 0 Å². The molecule has 0 aliphatic carbocycles. The molecule has 33 heavy (non-hydrogen) atoms. The van der Waals surface area contributed by atoms with Gasteiger partial charge in [-0.15, -0.1) is 24.0 Å². The van der Waals surface area contributed by atoms with Crippen molar-refractivity contribution in [3.8, 4) is 5.75 Å². The first-order valence-electron chi connectivity index (χ1n) is 11.8. The van der Waals surface area contributed by atoms with Gasteiger partial charge in [-0.1, -0.05) is 12.1 Å². The van der Waals surface area contributed by atoms with Crippen LogP contribution >= 0.6 is 24.0 Å². The second kappa shape index (κ2) is 16.9. The number of nitrogens with two attached hydrogens (primary N) is 1. The van der Waals surface area contributed by atoms with Crippen molar-refractivity contribution in [2.75, 3.05) is 53.0 Å². The number of primary amides is 1. The zero-order chi connectivity index (χ0) is 23.2. The Morgan fingerprint density at radius 2 is 1.97 bits per heavy atom. The predicted molar refractivity (Wildman–Crippen MR) is 144 cm³/mol. The van der Waals surface area contributed by atoms with E-state index in [9.17, 15) is 4.79 Å². The van der Waals surface area contributed by atoms with Gasteiger partial charge in [0.2, 0.25) is 5.91 Å². The van der Waals surface area contributed by atoms with Gasteiger partial charge >= 0.3 is 0 Å². The maximum Gasteiger partial charge on any atom is 0.220 e. The SMILES string of the molecule is CCNC(=NCc1ccc(C)cc1OCCOC)NCCCCN1CCC(C(N)=O)CC1.I. The van der Waals surface area contributed by atoms with E-state index < -0.39 is 0 Å². The summed E-state index contributed by atoms with van der Waals surface area (Å²) in [6.07, 6.45) is 3.96. The van der Waals surface area contributed by atoms with Crippen LogP contribution in [-0.4, -0.2) is 69.8 Å². The van der Waals surface area contributed by atoms with Crippen LogP contribution < -0.4 is 21.1 Å². The van der Waals surface area contributed by atoms with E-state index in [1.54, 1.807) is 7.11 Å². The largest absolute Gasteiger partial charge is 0.491 e. The molecule has 0 bridgehead atoms. The molecule has 1 aromatic carbocycles. The van der Waals surface area contributed by atoms with E-state index in [2.05, 4.69) is 41.5 Å². The summed E-state index contributed by atoms with van der Waals surface area (Å²) in [6, 6.07) is 6.21. The van der Waals surface area contributed by atoms with E-state index in [1.807, 2.05) is 6.07 Å². The first-order valence-corrected chi connectivity index (χ1v) is 11.8. The van der Waals surface area contributed by atoms with Gasteiger partial charge in [0.15, 0.2) is 5.96 Å². The van der Waals surface area contributed by atoms with Crippen molar-refractivity contribution in [3.05, 3.63) is 29.3 Å². The molecular weight excluding hydrogens is 533 g/mol. The van der Waals surface area contributed by atoms with Gasteiger partial charge in [-0.25, -0.2) is 4.99 Å². The zero-order valence-electron chi connectivity index (χ0n) is 20.4. The smallest absolute Gasteiger partial charge is 0.220 e. The molecule has 188 valence electrons. The molecule has 1 aromatic rings. The Kier molecular flexibility index (Phi) is 15.1. The van der Waals surface area contributed by atoms with E-state index in [0.717, 1.165) is 81.2 Å². The standard InChI is InChI=1S/C24H41N5O3.HI/c1-4-26-24(27-11-5-6-12-29-13-9-20(10-14-29)23(25)30)28-18-21-8-7-19(2)17-22(21)32-16-15-31-3;/h7-8,17,20H,4-6,9-16,18H2,1-3H3,(H2,25,30)(H2,26,27,28);1H. The number of carbonyl (C=O) groups excluding carboxylic acids is 1. The van der Waals surface area contributed by atoms with Crippen LogP contribution in [0, 0.1) is 12.8 Å². The zero-order valence-corrected chi connectivity index (χ0v) is 22.7. The van der Waals surface area contributed by atoms with E-state index in [-0.39, 0.29) is 35.8 Å². The summed E-state index contributed by atoms with van der Waals surface area (Å²) >= 11 is 0. The van der Waals surface area contributed by atoms with Crippen LogP contribution in [0.5, 0.6) is 5.75 Å². The number of unbranched alkanes of at least 4 members (excludes halogenated alkanes) is 1. The first kappa shape index (κ1) is 29.4. The Hall–Kier alpha value is -1.59. The third-order valence-corrected chi connectivity index (χ3v) is 5.70. The number of aliphatic imine (C=N–C) groups is 1. The van der Waals surface area contributed by atoms with Crippen molar-refractivity contribution in [2.24, 2.45) is 16.6 Å². The summed E-state index contributed by atoms with van der Waals surface area (Å²) < 4.78 is 11.0. The number of nitrogens with one attached hydrogen (secondary N) is 2. The van der Waals surface area contributed by atoms with Crippen LogP contribution in [-0.2, 0) is 16.1 Å². The Balaban J connectivity index is 0.00000544. The highest BCUT2D eigenvalue weighted by Crippen LogP contribution is 2.21. The number of likely N-dealkylation sites (tertiary alicyclic amines) is 1. The molecule has 1 fully saturated rings. The molecule has 0 saturated carbocycles. The number of nitrogens with zero attached hydrogens (tertiary/aromatic N) is 2. The fraction of sp³-hybridized carbons (Fsp3) is 0.667. The quantitative estimate of drug-likeness (QED) is 0.145. The lowest BCUT2D eigenvalue weighted by Gasteiger charge is -2.30. The lowest BCUT2D eigenvalue weighted by atomic mass is 9.96. The highest BCUT2D eigenvalue weighted by molar-refractivity contribution is 14.0. The molecule has 0 spiro atoms. The van der Waals surface area contributed by atoms with Crippen LogP contribution in [0.15, 0.2) is 23.2 Å². The van der Waals surface area contributed by atoms with Crippen molar-refractivity contribution < 1.29 is 14.3 Å². The minimum absolute atomic E-state index is 0. The number of aryl methyl sites for hydroxylation is 1. The van der Waals surface area contributed by atoms with Crippen LogP contribution in [0.25, 0.3) is 0 Å². The number of methoxy groups -OCH3 is 1. The maximum absolute atomic E-state index is 11.3. The van der Waals surface area contributed by atoms with Gasteiger partial charge in [0.1, 0.15) is 12.4 Å². The molecular formula is C24H42IN5O3. The summed E-state index contributed by atoms with van der Waals surface area (Å²) in [6.45, 7) is 10.4. The molecule has 4 N–H and O–H groups in total. The number of carbonyl (C=O) groups is 1. The monoisotopic (exact) mass is 575 g/mol. The number of piperidine rings is 1. The number of ether oxygens (including phenoxy) is 2. The number of hydrogen-bond donors (Lipinski definition) is 3.